The highest BCUT2D eigenvalue weighted by atomic mass is 16.4. The van der Waals surface area contributed by atoms with Crippen molar-refractivity contribution in [1.82, 2.24) is 9.55 Å². The zero-order valence-corrected chi connectivity index (χ0v) is 10.5. The fourth-order valence-corrected chi connectivity index (χ4v) is 3.06. The molecule has 0 radical (unpaired) electrons. The number of para-hydroxylation sites is 1. The molecule has 0 amide bonds. The van der Waals surface area contributed by atoms with Gasteiger partial charge in [-0.05, 0) is 24.3 Å². The number of rotatable bonds is 0. The molecule has 4 heterocycles. The summed E-state index contributed by atoms with van der Waals surface area (Å²) >= 11 is 0. The fourth-order valence-electron chi connectivity index (χ4n) is 3.06. The zero-order chi connectivity index (χ0) is 15.8. The van der Waals surface area contributed by atoms with E-state index in [2.05, 4.69) is 4.98 Å². The van der Waals surface area contributed by atoms with Gasteiger partial charge in [-0.1, -0.05) is 12.1 Å². The molecule has 4 nitrogen and oxygen atoms in total. The molecule has 0 spiro atoms. The first kappa shape index (κ1) is 7.85. The van der Waals surface area contributed by atoms with E-state index >= 15 is 0 Å². The lowest BCUT2D eigenvalue weighted by Crippen LogP contribution is -2.30. The van der Waals surface area contributed by atoms with Crippen LogP contribution < -0.4 is 4.57 Å². The summed E-state index contributed by atoms with van der Waals surface area (Å²) < 4.78 is 32.9. The first-order chi connectivity index (χ1) is 11.1. The number of benzene rings is 1. The summed E-state index contributed by atoms with van der Waals surface area (Å²) in [6.45, 7) is -1.71. The molecule has 0 N–H and O–H groups in total. The largest absolute Gasteiger partial charge is 0.385 e. The Morgan fingerprint density at radius 3 is 3.20 bits per heavy atom. The maximum absolute atomic E-state index is 7.87. The van der Waals surface area contributed by atoms with Gasteiger partial charge in [-0.15, -0.1) is 4.57 Å². The maximum atomic E-state index is 7.87. The number of hydrogen-bond acceptors (Lipinski definition) is 2. The van der Waals surface area contributed by atoms with Gasteiger partial charge < -0.3 is 8.98 Å². The number of fused-ring (bicyclic) bond motifs is 7. The van der Waals surface area contributed by atoms with E-state index < -0.39 is 6.98 Å². The standard InChI is InChI=1S/C16H12N3O/c1-18-13-7-3-2-5-11(13)14-16(18)20-15-10-6-4-8-17-12(10)9-19(14)15/h2-8H,9H2,1H3/q+1/i1D3. The average molecular weight is 265 g/mol. The van der Waals surface area contributed by atoms with E-state index in [1.165, 1.54) is 4.57 Å². The van der Waals surface area contributed by atoms with Gasteiger partial charge in [0.15, 0.2) is 6.54 Å². The van der Waals surface area contributed by atoms with Gasteiger partial charge in [0.2, 0.25) is 0 Å². The molecule has 3 aromatic heterocycles. The van der Waals surface area contributed by atoms with Gasteiger partial charge in [-0.3, -0.25) is 4.98 Å². The molecule has 20 heavy (non-hydrogen) atoms. The zero-order valence-electron chi connectivity index (χ0n) is 13.5. The molecule has 1 aliphatic heterocycles. The van der Waals surface area contributed by atoms with Gasteiger partial charge in [0.05, 0.1) is 10.9 Å². The van der Waals surface area contributed by atoms with E-state index in [4.69, 9.17) is 8.53 Å². The molecular weight excluding hydrogens is 250 g/mol. The van der Waals surface area contributed by atoms with Gasteiger partial charge >= 0.3 is 5.89 Å². The third-order valence-corrected chi connectivity index (χ3v) is 3.94. The van der Waals surface area contributed by atoms with Crippen molar-refractivity contribution in [3.63, 3.8) is 0 Å². The Balaban J connectivity index is 1.96. The van der Waals surface area contributed by atoms with Crippen molar-refractivity contribution in [2.45, 2.75) is 6.54 Å². The molecule has 0 aliphatic carbocycles. The summed E-state index contributed by atoms with van der Waals surface area (Å²) in [6.07, 6.45) is 1.76. The van der Waals surface area contributed by atoms with Crippen LogP contribution in [0.4, 0.5) is 0 Å². The molecule has 0 saturated heterocycles. The number of aromatic nitrogens is 3. The molecule has 0 bridgehead atoms. The second-order valence-electron chi connectivity index (χ2n) is 5.00. The predicted octanol–water partition coefficient (Wildman–Crippen LogP) is 2.64. The highest BCUT2D eigenvalue weighted by Gasteiger charge is 2.37. The summed E-state index contributed by atoms with van der Waals surface area (Å²) in [5, 5.41) is 0.876. The van der Waals surface area contributed by atoms with Crippen molar-refractivity contribution < 1.29 is 13.1 Å². The topological polar surface area (TPSA) is 34.8 Å². The molecule has 0 atom stereocenters. The van der Waals surface area contributed by atoms with Gasteiger partial charge in [0.1, 0.15) is 11.3 Å². The monoisotopic (exact) mass is 265 g/mol. The Labute approximate surface area is 119 Å². The third-order valence-electron chi connectivity index (χ3n) is 3.94. The minimum Gasteiger partial charge on any atom is -0.380 e. The lowest BCUT2D eigenvalue weighted by Gasteiger charge is -1.93. The van der Waals surface area contributed by atoms with Crippen LogP contribution in [0.15, 0.2) is 47.0 Å². The van der Waals surface area contributed by atoms with Crippen molar-refractivity contribution in [1.29, 1.82) is 0 Å². The Kier molecular flexibility index (Phi) is 1.29. The summed E-state index contributed by atoms with van der Waals surface area (Å²) in [4.78, 5) is 4.39. The molecule has 5 rings (SSSR count). The average Bonchev–Trinajstić information content (AvgIpc) is 3.12. The summed E-state index contributed by atoms with van der Waals surface area (Å²) in [5.41, 5.74) is 3.71. The molecular formula is C16H12N3O+. The maximum Gasteiger partial charge on any atom is 0.385 e. The van der Waals surface area contributed by atoms with Crippen LogP contribution >= 0.6 is 0 Å². The number of nitrogens with zero attached hydrogens (tertiary/aromatic N) is 3. The van der Waals surface area contributed by atoms with Crippen molar-refractivity contribution in [3.8, 4) is 11.5 Å². The predicted molar refractivity (Wildman–Crippen MR) is 75.2 cm³/mol. The van der Waals surface area contributed by atoms with Crippen LogP contribution in [0.5, 0.6) is 0 Å². The van der Waals surface area contributed by atoms with Crippen LogP contribution in [0.1, 0.15) is 9.81 Å². The molecule has 1 aromatic carbocycles. The summed E-state index contributed by atoms with van der Waals surface area (Å²) in [5.74, 6) is 0.668. The Morgan fingerprint density at radius 1 is 1.30 bits per heavy atom. The lowest BCUT2D eigenvalue weighted by atomic mass is 10.2. The number of hydrogen-bond donors (Lipinski definition) is 0. The molecule has 1 aliphatic rings. The van der Waals surface area contributed by atoms with Crippen molar-refractivity contribution in [2.75, 3.05) is 0 Å². The van der Waals surface area contributed by atoms with E-state index in [9.17, 15) is 0 Å². The third kappa shape index (κ3) is 1.04. The number of oxazole rings is 1. The molecule has 0 saturated carbocycles. The quantitative estimate of drug-likeness (QED) is 0.403. The highest BCUT2D eigenvalue weighted by Crippen LogP contribution is 2.34. The van der Waals surface area contributed by atoms with E-state index in [-0.39, 0.29) is 0 Å². The number of aryl methyl sites for hydroxylation is 1. The molecule has 4 aromatic rings. The van der Waals surface area contributed by atoms with Crippen molar-refractivity contribution in [2.24, 2.45) is 6.98 Å². The van der Waals surface area contributed by atoms with E-state index in [0.29, 0.717) is 23.7 Å². The van der Waals surface area contributed by atoms with Crippen LogP contribution in [-0.4, -0.2) is 9.55 Å². The fraction of sp³-hybridized carbons (Fsp3) is 0.125. The van der Waals surface area contributed by atoms with Crippen molar-refractivity contribution in [3.05, 3.63) is 48.3 Å². The Morgan fingerprint density at radius 2 is 2.25 bits per heavy atom. The van der Waals surface area contributed by atoms with Crippen molar-refractivity contribution >= 4 is 22.1 Å². The summed E-state index contributed by atoms with van der Waals surface area (Å²) in [6, 6.07) is 11.3. The minimum atomic E-state index is -2.30. The first-order valence-electron chi connectivity index (χ1n) is 7.96. The van der Waals surface area contributed by atoms with E-state index in [1.807, 2.05) is 41.0 Å². The van der Waals surface area contributed by atoms with Gasteiger partial charge in [-0.2, -0.15) is 0 Å². The van der Waals surface area contributed by atoms with Gasteiger partial charge in [-0.25, -0.2) is 0 Å². The first-order valence-corrected chi connectivity index (χ1v) is 6.46. The van der Waals surface area contributed by atoms with Crippen LogP contribution in [0.2, 0.25) is 0 Å². The van der Waals surface area contributed by atoms with Gasteiger partial charge in [0.25, 0.3) is 11.2 Å². The second kappa shape index (κ2) is 3.28. The lowest BCUT2D eigenvalue weighted by molar-refractivity contribution is -0.649. The highest BCUT2D eigenvalue weighted by molar-refractivity contribution is 6.02. The molecule has 96 valence electrons. The smallest absolute Gasteiger partial charge is 0.380 e. The van der Waals surface area contributed by atoms with E-state index in [0.717, 1.165) is 22.2 Å². The molecule has 0 fully saturated rings. The SMILES string of the molecule is [2H]C([2H])([2H])n1c2ccccc2c2c1oc1[n+]2Cc2ncccc2-1. The molecule has 4 heteroatoms. The van der Waals surface area contributed by atoms with Crippen LogP contribution in [0.3, 0.4) is 0 Å². The molecule has 0 unspecified atom stereocenters. The van der Waals surface area contributed by atoms with Crippen LogP contribution in [0.25, 0.3) is 33.6 Å². The summed E-state index contributed by atoms with van der Waals surface area (Å²) in [7, 11) is 0. The van der Waals surface area contributed by atoms with Crippen LogP contribution in [0, 0.1) is 0 Å². The second-order valence-corrected chi connectivity index (χ2v) is 5.00. The van der Waals surface area contributed by atoms with Gasteiger partial charge in [0, 0.05) is 17.3 Å². The van der Waals surface area contributed by atoms with Crippen LogP contribution in [-0.2, 0) is 13.5 Å². The van der Waals surface area contributed by atoms with E-state index in [1.54, 1.807) is 6.20 Å². The Hall–Kier alpha value is -2.62. The normalized spacial score (nSPS) is 15.9. The Bertz CT molecular complexity index is 1090. The number of pyridine rings is 1. The minimum absolute atomic E-state index is 0.385.